The second-order valence-corrected chi connectivity index (χ2v) is 7.86. The van der Waals surface area contributed by atoms with Gasteiger partial charge in [0.15, 0.2) is 11.4 Å². The summed E-state index contributed by atoms with van der Waals surface area (Å²) in [4.78, 5) is 24.1. The first-order chi connectivity index (χ1) is 13.6. The second kappa shape index (κ2) is 7.46. The lowest BCUT2D eigenvalue weighted by Gasteiger charge is -2.16. The number of aromatic nitrogens is 1. The van der Waals surface area contributed by atoms with Crippen molar-refractivity contribution < 1.29 is 14.2 Å². The van der Waals surface area contributed by atoms with Crippen LogP contribution in [0.3, 0.4) is 0 Å². The topological polar surface area (TPSA) is 114 Å². The van der Waals surface area contributed by atoms with Crippen LogP contribution in [0.1, 0.15) is 37.7 Å². The Labute approximate surface area is 167 Å². The van der Waals surface area contributed by atoms with Gasteiger partial charge in [0.1, 0.15) is 12.4 Å². The highest BCUT2D eigenvalue weighted by molar-refractivity contribution is 5.53. The number of nitro groups is 1. The number of nitro benzene ring substituents is 1. The molecule has 0 aliphatic heterocycles. The zero-order chi connectivity index (χ0) is 21.3. The fourth-order valence-electron chi connectivity index (χ4n) is 2.95. The molecular formula is C21H23N3O5. The van der Waals surface area contributed by atoms with Gasteiger partial charge in [-0.3, -0.25) is 14.9 Å². The maximum Gasteiger partial charge on any atom is 0.296 e. The number of hydrogen-bond donors (Lipinski definition) is 1. The summed E-state index contributed by atoms with van der Waals surface area (Å²) in [7, 11) is 0. The molecule has 2 aromatic carbocycles. The van der Waals surface area contributed by atoms with Crippen molar-refractivity contribution in [2.24, 2.45) is 0 Å². The summed E-state index contributed by atoms with van der Waals surface area (Å²) < 4.78 is 12.6. The number of benzene rings is 2. The zero-order valence-electron chi connectivity index (χ0n) is 16.8. The molecule has 0 saturated heterocycles. The summed E-state index contributed by atoms with van der Waals surface area (Å²) in [6.45, 7) is 7.39. The van der Waals surface area contributed by atoms with E-state index in [4.69, 9.17) is 15.0 Å². The third kappa shape index (κ3) is 4.16. The maximum absolute atomic E-state index is 13.1. The van der Waals surface area contributed by atoms with Crippen LogP contribution in [0, 0.1) is 17.0 Å². The number of hydrogen-bond acceptors (Lipinski definition) is 6. The molecule has 152 valence electrons. The molecule has 0 radical (unpaired) electrons. The third-order valence-electron chi connectivity index (χ3n) is 4.39. The molecule has 1 heterocycles. The summed E-state index contributed by atoms with van der Waals surface area (Å²) in [5.74, 6) is 0.959. The molecule has 8 heteroatoms. The maximum atomic E-state index is 13.1. The van der Waals surface area contributed by atoms with Crippen LogP contribution in [-0.4, -0.2) is 9.66 Å². The van der Waals surface area contributed by atoms with Crippen LogP contribution in [0.5, 0.6) is 5.75 Å². The molecule has 2 N–H and O–H groups in total. The van der Waals surface area contributed by atoms with Gasteiger partial charge in [-0.1, -0.05) is 26.8 Å². The molecule has 29 heavy (non-hydrogen) atoms. The molecule has 0 fully saturated rings. The molecule has 1 aromatic heterocycles. The summed E-state index contributed by atoms with van der Waals surface area (Å²) >= 11 is 0. The van der Waals surface area contributed by atoms with E-state index in [2.05, 4.69) is 0 Å². The fourth-order valence-corrected chi connectivity index (χ4v) is 2.95. The number of nitrogens with two attached hydrogens (primary N) is 1. The number of ether oxygens (including phenoxy) is 1. The van der Waals surface area contributed by atoms with Crippen LogP contribution in [0.15, 0.2) is 51.8 Å². The Balaban J connectivity index is 2.09. The van der Waals surface area contributed by atoms with E-state index in [1.165, 1.54) is 12.1 Å². The molecule has 0 amide bonds. The summed E-state index contributed by atoms with van der Waals surface area (Å²) in [6.07, 6.45) is 0. The van der Waals surface area contributed by atoms with Gasteiger partial charge in [0, 0.05) is 17.2 Å². The third-order valence-corrected chi connectivity index (χ3v) is 4.39. The predicted molar refractivity (Wildman–Crippen MR) is 110 cm³/mol. The molecular weight excluding hydrogens is 374 g/mol. The Bertz CT molecular complexity index is 1100. The van der Waals surface area contributed by atoms with Crippen LogP contribution < -0.4 is 16.0 Å². The van der Waals surface area contributed by atoms with Crippen LogP contribution in [0.4, 0.5) is 11.4 Å². The largest absolute Gasteiger partial charge is 0.489 e. The molecule has 3 rings (SSSR count). The summed E-state index contributed by atoms with van der Waals surface area (Å²) in [5.41, 5.74) is 6.18. The van der Waals surface area contributed by atoms with Gasteiger partial charge in [-0.05, 0) is 42.8 Å². The number of rotatable bonds is 5. The standard InChI is InChI=1S/C21H23N3O5/c1-13-5-10-17(18(11-13)24(26)27)23-20(25)16(19(29-23)21(2,3)4)12-28-15-8-6-14(22)7-9-15/h5-11H,12,22H2,1-4H3. The van der Waals surface area contributed by atoms with Gasteiger partial charge in [0.2, 0.25) is 0 Å². The highest BCUT2D eigenvalue weighted by Gasteiger charge is 2.30. The molecule has 0 bridgehead atoms. The predicted octanol–water partition coefficient (Wildman–Crippen LogP) is 4.11. The number of nitrogens with zero attached hydrogens (tertiary/aromatic N) is 2. The number of aryl methyl sites for hydroxylation is 1. The van der Waals surface area contributed by atoms with Crippen LogP contribution in [0.25, 0.3) is 5.69 Å². The van der Waals surface area contributed by atoms with E-state index in [9.17, 15) is 14.9 Å². The van der Waals surface area contributed by atoms with E-state index in [0.29, 0.717) is 28.3 Å². The minimum atomic E-state index is -0.529. The first-order valence-corrected chi connectivity index (χ1v) is 9.07. The molecule has 0 atom stereocenters. The van der Waals surface area contributed by atoms with E-state index < -0.39 is 15.9 Å². The molecule has 0 unspecified atom stereocenters. The number of nitrogen functional groups attached to an aromatic ring is 1. The lowest BCUT2D eigenvalue weighted by atomic mass is 9.91. The normalized spacial score (nSPS) is 11.4. The monoisotopic (exact) mass is 397 g/mol. The van der Waals surface area contributed by atoms with Crippen molar-refractivity contribution in [1.29, 1.82) is 0 Å². The average molecular weight is 397 g/mol. The molecule has 0 spiro atoms. The molecule has 3 aromatic rings. The van der Waals surface area contributed by atoms with Gasteiger partial charge < -0.3 is 15.0 Å². The minimum Gasteiger partial charge on any atom is -0.489 e. The van der Waals surface area contributed by atoms with Gasteiger partial charge in [-0.2, -0.15) is 0 Å². The molecule has 8 nitrogen and oxygen atoms in total. The minimum absolute atomic E-state index is 0.0362. The van der Waals surface area contributed by atoms with Gasteiger partial charge in [0.25, 0.3) is 11.2 Å². The van der Waals surface area contributed by atoms with Crippen molar-refractivity contribution >= 4 is 11.4 Å². The SMILES string of the molecule is Cc1ccc(-n2oc(C(C)(C)C)c(COc3ccc(N)cc3)c2=O)c([N+](=O)[O-])c1. The van der Waals surface area contributed by atoms with Crippen molar-refractivity contribution in [3.05, 3.63) is 79.8 Å². The highest BCUT2D eigenvalue weighted by atomic mass is 16.6. The van der Waals surface area contributed by atoms with Crippen molar-refractivity contribution in [2.75, 3.05) is 5.73 Å². The Hall–Kier alpha value is -3.55. The second-order valence-electron chi connectivity index (χ2n) is 7.86. The number of anilines is 1. The van der Waals surface area contributed by atoms with Gasteiger partial charge in [-0.15, -0.1) is 4.74 Å². The summed E-state index contributed by atoms with van der Waals surface area (Å²) in [5, 5.41) is 11.5. The zero-order valence-corrected chi connectivity index (χ0v) is 16.8. The Kier molecular flexibility index (Phi) is 5.19. The van der Waals surface area contributed by atoms with E-state index in [1.54, 1.807) is 37.3 Å². The molecule has 0 aliphatic carbocycles. The van der Waals surface area contributed by atoms with E-state index >= 15 is 0 Å². The van der Waals surface area contributed by atoms with E-state index in [0.717, 1.165) is 4.74 Å². The Morgan fingerprint density at radius 3 is 2.41 bits per heavy atom. The van der Waals surface area contributed by atoms with E-state index in [-0.39, 0.29) is 18.0 Å². The summed E-state index contributed by atoms with van der Waals surface area (Å²) in [6, 6.07) is 11.4. The lowest BCUT2D eigenvalue weighted by Crippen LogP contribution is -2.20. The Morgan fingerprint density at radius 1 is 1.17 bits per heavy atom. The van der Waals surface area contributed by atoms with Gasteiger partial charge in [-0.25, -0.2) is 0 Å². The first kappa shape index (κ1) is 20.2. The fraction of sp³-hybridized carbons (Fsp3) is 0.286. The highest BCUT2D eigenvalue weighted by Crippen LogP contribution is 2.29. The van der Waals surface area contributed by atoms with Gasteiger partial charge in [0.05, 0.1) is 10.5 Å². The average Bonchev–Trinajstić information content (AvgIpc) is 2.98. The van der Waals surface area contributed by atoms with Gasteiger partial charge >= 0.3 is 0 Å². The van der Waals surface area contributed by atoms with Crippen LogP contribution in [-0.2, 0) is 12.0 Å². The van der Waals surface area contributed by atoms with Crippen molar-refractivity contribution in [3.63, 3.8) is 0 Å². The molecule has 0 saturated carbocycles. The van der Waals surface area contributed by atoms with Crippen LogP contribution in [0.2, 0.25) is 0 Å². The Morgan fingerprint density at radius 2 is 1.83 bits per heavy atom. The quantitative estimate of drug-likeness (QED) is 0.394. The molecule has 0 aliphatic rings. The van der Waals surface area contributed by atoms with E-state index in [1.807, 2.05) is 20.8 Å². The van der Waals surface area contributed by atoms with Crippen molar-refractivity contribution in [3.8, 4) is 11.4 Å². The smallest absolute Gasteiger partial charge is 0.296 e. The van der Waals surface area contributed by atoms with Crippen molar-refractivity contribution in [1.82, 2.24) is 4.74 Å². The van der Waals surface area contributed by atoms with Crippen molar-refractivity contribution in [2.45, 2.75) is 39.7 Å². The van der Waals surface area contributed by atoms with Crippen LogP contribution >= 0.6 is 0 Å². The lowest BCUT2D eigenvalue weighted by molar-refractivity contribution is -0.384. The first-order valence-electron chi connectivity index (χ1n) is 9.07.